The van der Waals surface area contributed by atoms with Crippen LogP contribution in [0.5, 0.6) is 0 Å². The average molecular weight is 312 g/mol. The summed E-state index contributed by atoms with van der Waals surface area (Å²) in [6, 6.07) is 8.16. The third-order valence-electron chi connectivity index (χ3n) is 2.08. The maximum Gasteiger partial charge on any atom is 0.183 e. The average Bonchev–Trinajstić information content (AvgIpc) is 2.84. The maximum atomic E-state index is 4.56. The number of para-hydroxylation sites is 1. The molecule has 3 rings (SSSR count). The highest BCUT2D eigenvalue weighted by Crippen LogP contribution is 2.25. The summed E-state index contributed by atoms with van der Waals surface area (Å²) in [7, 11) is 0. The van der Waals surface area contributed by atoms with Gasteiger partial charge in [-0.25, -0.2) is 4.98 Å². The first-order valence-electron chi connectivity index (χ1n) is 4.63. The van der Waals surface area contributed by atoms with Gasteiger partial charge in [-0.05, 0) is 28.1 Å². The van der Waals surface area contributed by atoms with Gasteiger partial charge in [0.2, 0.25) is 0 Å². The zero-order chi connectivity index (χ0) is 11.0. The number of hydrogen-bond donors (Lipinski definition) is 0. The molecule has 0 N–H and O–H groups in total. The van der Waals surface area contributed by atoms with E-state index in [-0.39, 0.29) is 0 Å². The van der Waals surface area contributed by atoms with Gasteiger partial charge < -0.3 is 0 Å². The van der Waals surface area contributed by atoms with Crippen molar-refractivity contribution < 1.29 is 0 Å². The molecule has 3 nitrogen and oxygen atoms in total. The minimum absolute atomic E-state index is 0.766. The normalized spacial score (nSPS) is 11.1. The van der Waals surface area contributed by atoms with E-state index >= 15 is 0 Å². The molecule has 3 aromatic rings. The largest absolute Gasteiger partial charge is 0.241 e. The van der Waals surface area contributed by atoms with E-state index in [0.29, 0.717) is 0 Å². The Bertz CT molecular complexity index is 599. The van der Waals surface area contributed by atoms with Crippen molar-refractivity contribution in [2.45, 2.75) is 6.42 Å². The number of thiazole rings is 1. The Kier molecular flexibility index (Phi) is 2.70. The predicted molar refractivity (Wildman–Crippen MR) is 70.0 cm³/mol. The van der Waals surface area contributed by atoms with Crippen molar-refractivity contribution in [1.29, 1.82) is 0 Å². The summed E-state index contributed by atoms with van der Waals surface area (Å²) in [6.07, 6.45) is 0.766. The smallest absolute Gasteiger partial charge is 0.183 e. The van der Waals surface area contributed by atoms with Crippen molar-refractivity contribution in [3.63, 3.8) is 0 Å². The first-order chi connectivity index (χ1) is 7.81. The van der Waals surface area contributed by atoms with Crippen LogP contribution in [0.25, 0.3) is 10.2 Å². The molecule has 0 radical (unpaired) electrons. The summed E-state index contributed by atoms with van der Waals surface area (Å²) < 4.78 is 2.05. The molecule has 0 saturated carbocycles. The van der Waals surface area contributed by atoms with Gasteiger partial charge in [0.15, 0.2) is 3.92 Å². The van der Waals surface area contributed by atoms with Crippen LogP contribution in [0.1, 0.15) is 10.0 Å². The van der Waals surface area contributed by atoms with Crippen LogP contribution in [0.3, 0.4) is 0 Å². The van der Waals surface area contributed by atoms with Crippen molar-refractivity contribution in [2.24, 2.45) is 0 Å². The SMILES string of the molecule is Brc1nnc(Cc2nc3ccccc3s2)s1. The van der Waals surface area contributed by atoms with E-state index in [1.54, 1.807) is 22.7 Å². The molecule has 80 valence electrons. The van der Waals surface area contributed by atoms with E-state index in [1.807, 2.05) is 18.2 Å². The van der Waals surface area contributed by atoms with E-state index in [1.165, 1.54) is 4.70 Å². The van der Waals surface area contributed by atoms with E-state index in [0.717, 1.165) is 25.9 Å². The summed E-state index contributed by atoms with van der Waals surface area (Å²) in [4.78, 5) is 4.56. The van der Waals surface area contributed by atoms with Crippen LogP contribution in [-0.2, 0) is 6.42 Å². The lowest BCUT2D eigenvalue weighted by molar-refractivity contribution is 0.988. The Morgan fingerprint density at radius 2 is 1.94 bits per heavy atom. The zero-order valence-electron chi connectivity index (χ0n) is 8.05. The Morgan fingerprint density at radius 3 is 2.69 bits per heavy atom. The zero-order valence-corrected chi connectivity index (χ0v) is 11.3. The summed E-state index contributed by atoms with van der Waals surface area (Å²) in [5.74, 6) is 0. The molecule has 0 aliphatic carbocycles. The number of halogens is 1. The van der Waals surface area contributed by atoms with Crippen LogP contribution in [0.4, 0.5) is 0 Å². The number of rotatable bonds is 2. The summed E-state index contributed by atoms with van der Waals surface area (Å²) in [6.45, 7) is 0. The lowest BCUT2D eigenvalue weighted by Gasteiger charge is -1.86. The maximum absolute atomic E-state index is 4.56. The molecule has 1 aromatic carbocycles. The third kappa shape index (κ3) is 2.00. The van der Waals surface area contributed by atoms with Gasteiger partial charge in [0.05, 0.1) is 16.6 Å². The predicted octanol–water partition coefficient (Wildman–Crippen LogP) is 3.50. The number of aromatic nitrogens is 3. The van der Waals surface area contributed by atoms with Crippen LogP contribution in [0, 0.1) is 0 Å². The molecule has 0 fully saturated rings. The van der Waals surface area contributed by atoms with Gasteiger partial charge in [0, 0.05) is 0 Å². The Hall–Kier alpha value is -0.850. The first-order valence-corrected chi connectivity index (χ1v) is 7.06. The first kappa shape index (κ1) is 10.3. The molecule has 16 heavy (non-hydrogen) atoms. The monoisotopic (exact) mass is 311 g/mol. The van der Waals surface area contributed by atoms with Crippen LogP contribution in [0.15, 0.2) is 28.2 Å². The molecular formula is C10H6BrN3S2. The number of fused-ring (bicyclic) bond motifs is 1. The minimum atomic E-state index is 0.766. The second-order valence-corrected chi connectivity index (χ2v) is 6.65. The highest BCUT2D eigenvalue weighted by Gasteiger charge is 2.07. The quantitative estimate of drug-likeness (QED) is 0.727. The van der Waals surface area contributed by atoms with Crippen LogP contribution in [-0.4, -0.2) is 15.2 Å². The molecule has 0 spiro atoms. The third-order valence-corrected chi connectivity index (χ3v) is 4.48. The number of nitrogens with zero attached hydrogens (tertiary/aromatic N) is 3. The summed E-state index contributed by atoms with van der Waals surface area (Å²) in [5, 5.41) is 10.1. The Labute approximate surface area is 108 Å². The molecule has 0 aliphatic heterocycles. The van der Waals surface area contributed by atoms with Gasteiger partial charge in [-0.2, -0.15) is 0 Å². The van der Waals surface area contributed by atoms with E-state index in [9.17, 15) is 0 Å². The molecule has 0 unspecified atom stereocenters. The number of benzene rings is 1. The minimum Gasteiger partial charge on any atom is -0.241 e. The van der Waals surface area contributed by atoms with Crippen LogP contribution >= 0.6 is 38.6 Å². The van der Waals surface area contributed by atoms with Crippen molar-refractivity contribution >= 4 is 48.8 Å². The Morgan fingerprint density at radius 1 is 1.06 bits per heavy atom. The standard InChI is InChI=1S/C10H6BrN3S2/c11-10-14-13-9(16-10)5-8-12-6-3-1-2-4-7(6)15-8/h1-4H,5H2. The molecular weight excluding hydrogens is 306 g/mol. The van der Waals surface area contributed by atoms with E-state index in [4.69, 9.17) is 0 Å². The van der Waals surface area contributed by atoms with Gasteiger partial charge in [-0.1, -0.05) is 23.5 Å². The van der Waals surface area contributed by atoms with Crippen LogP contribution < -0.4 is 0 Å². The second-order valence-electron chi connectivity index (χ2n) is 3.20. The van der Waals surface area contributed by atoms with Gasteiger partial charge in [0.25, 0.3) is 0 Å². The topological polar surface area (TPSA) is 38.7 Å². The summed E-state index contributed by atoms with van der Waals surface area (Å²) >= 11 is 6.58. The fourth-order valence-corrected chi connectivity index (χ4v) is 3.70. The van der Waals surface area contributed by atoms with Gasteiger partial charge in [-0.3, -0.25) is 0 Å². The van der Waals surface area contributed by atoms with Gasteiger partial charge in [0.1, 0.15) is 10.0 Å². The van der Waals surface area contributed by atoms with Crippen molar-refractivity contribution in [1.82, 2.24) is 15.2 Å². The molecule has 2 aromatic heterocycles. The lowest BCUT2D eigenvalue weighted by Crippen LogP contribution is -1.85. The molecule has 2 heterocycles. The lowest BCUT2D eigenvalue weighted by atomic mass is 10.3. The van der Waals surface area contributed by atoms with Crippen molar-refractivity contribution in [3.05, 3.63) is 38.2 Å². The van der Waals surface area contributed by atoms with E-state index < -0.39 is 0 Å². The fourth-order valence-electron chi connectivity index (χ4n) is 1.43. The summed E-state index contributed by atoms with van der Waals surface area (Å²) in [5.41, 5.74) is 1.06. The second kappa shape index (κ2) is 4.20. The van der Waals surface area contributed by atoms with Gasteiger partial charge >= 0.3 is 0 Å². The molecule has 0 aliphatic rings. The van der Waals surface area contributed by atoms with Crippen molar-refractivity contribution in [2.75, 3.05) is 0 Å². The number of hydrogen-bond acceptors (Lipinski definition) is 5. The van der Waals surface area contributed by atoms with Gasteiger partial charge in [-0.15, -0.1) is 21.5 Å². The highest BCUT2D eigenvalue weighted by molar-refractivity contribution is 9.11. The highest BCUT2D eigenvalue weighted by atomic mass is 79.9. The van der Waals surface area contributed by atoms with E-state index in [2.05, 4.69) is 37.2 Å². The molecule has 0 bridgehead atoms. The molecule has 0 atom stereocenters. The molecule has 6 heteroatoms. The van der Waals surface area contributed by atoms with Crippen LogP contribution in [0.2, 0.25) is 0 Å². The molecule has 0 amide bonds. The fraction of sp³-hybridized carbons (Fsp3) is 0.100. The Balaban J connectivity index is 1.95. The van der Waals surface area contributed by atoms with Crippen molar-refractivity contribution in [3.8, 4) is 0 Å². The molecule has 0 saturated heterocycles.